The Morgan fingerprint density at radius 3 is 2.82 bits per heavy atom. The van der Waals surface area contributed by atoms with Gasteiger partial charge in [0.2, 0.25) is 5.16 Å². The number of tetrazole rings is 1. The van der Waals surface area contributed by atoms with E-state index in [1.54, 1.807) is 16.4 Å². The Kier molecular flexibility index (Phi) is 9.57. The fourth-order valence-electron chi connectivity index (χ4n) is 2.46. The second kappa shape index (κ2) is 11.9. The minimum absolute atomic E-state index is 0. The highest BCUT2D eigenvalue weighted by Gasteiger charge is 2.03. The summed E-state index contributed by atoms with van der Waals surface area (Å²) >= 11 is 7.83. The molecule has 0 spiro atoms. The smallest absolute Gasteiger partial charge is 0.209 e. The predicted octanol–water partition coefficient (Wildman–Crippen LogP) is 0.718. The molecule has 150 valence electrons. The van der Waals surface area contributed by atoms with Crippen LogP contribution >= 0.6 is 23.4 Å². The number of benzene rings is 2. The van der Waals surface area contributed by atoms with Gasteiger partial charge >= 0.3 is 0 Å². The van der Waals surface area contributed by atoms with Crippen molar-refractivity contribution >= 4 is 23.4 Å². The highest BCUT2D eigenvalue weighted by atomic mass is 35.5. The van der Waals surface area contributed by atoms with Crippen molar-refractivity contribution in [3.63, 3.8) is 0 Å². The summed E-state index contributed by atoms with van der Waals surface area (Å²) < 4.78 is 7.56. The molecule has 0 radical (unpaired) electrons. The molecule has 9 heteroatoms. The molecule has 28 heavy (non-hydrogen) atoms. The first-order valence-electron chi connectivity index (χ1n) is 8.73. The lowest BCUT2D eigenvalue weighted by Gasteiger charge is -2.10. The molecule has 0 aliphatic carbocycles. The zero-order chi connectivity index (χ0) is 18.9. The lowest BCUT2D eigenvalue weighted by atomic mass is 10.2. The van der Waals surface area contributed by atoms with Gasteiger partial charge in [0.1, 0.15) is 12.4 Å². The van der Waals surface area contributed by atoms with Crippen LogP contribution in [0.1, 0.15) is 17.5 Å². The number of thioether (sulfide) groups is 1. The summed E-state index contributed by atoms with van der Waals surface area (Å²) in [4.78, 5) is 0. The van der Waals surface area contributed by atoms with Gasteiger partial charge in [0.05, 0.1) is 0 Å². The topological polar surface area (TPSA) is 64.9 Å². The third-order valence-electron chi connectivity index (χ3n) is 3.89. The summed E-state index contributed by atoms with van der Waals surface area (Å²) in [5.74, 6) is 1.82. The minimum Gasteiger partial charge on any atom is -1.00 e. The predicted molar refractivity (Wildman–Crippen MR) is 108 cm³/mol. The van der Waals surface area contributed by atoms with Crippen LogP contribution in [0.3, 0.4) is 0 Å². The molecule has 0 fully saturated rings. The van der Waals surface area contributed by atoms with E-state index in [1.165, 1.54) is 5.56 Å². The fraction of sp³-hybridized carbons (Fsp3) is 0.316. The van der Waals surface area contributed by atoms with Crippen molar-refractivity contribution in [2.24, 2.45) is 7.05 Å². The number of hydrogen-bond acceptors (Lipinski definition) is 6. The molecule has 1 aromatic heterocycles. The first kappa shape index (κ1) is 22.5. The van der Waals surface area contributed by atoms with Crippen LogP contribution in [0.2, 0.25) is 5.02 Å². The molecule has 0 aliphatic heterocycles. The molecule has 0 aliphatic rings. The first-order chi connectivity index (χ1) is 13.2. The number of nitrogens with one attached hydrogen (secondary N) is 1. The van der Waals surface area contributed by atoms with E-state index in [1.807, 2.05) is 43.4 Å². The molecule has 0 amide bonds. The van der Waals surface area contributed by atoms with E-state index in [0.29, 0.717) is 6.61 Å². The third-order valence-corrected chi connectivity index (χ3v) is 5.36. The van der Waals surface area contributed by atoms with Crippen LogP contribution in [0.15, 0.2) is 53.7 Å². The number of aromatic nitrogens is 4. The second-order valence-corrected chi connectivity index (χ2v) is 7.46. The first-order valence-corrected chi connectivity index (χ1v) is 10.1. The normalized spacial score (nSPS) is 10.5. The lowest BCUT2D eigenvalue weighted by Crippen LogP contribution is -3.00. The van der Waals surface area contributed by atoms with Gasteiger partial charge in [-0.3, -0.25) is 0 Å². The Bertz CT molecular complexity index is 862. The van der Waals surface area contributed by atoms with Gasteiger partial charge in [-0.2, -0.15) is 0 Å². The molecule has 0 saturated heterocycles. The van der Waals surface area contributed by atoms with Crippen LogP contribution in [0.4, 0.5) is 0 Å². The monoisotopic (exact) mass is 438 g/mol. The zero-order valence-electron chi connectivity index (χ0n) is 15.5. The highest BCUT2D eigenvalue weighted by Crippen LogP contribution is 2.19. The van der Waals surface area contributed by atoms with Gasteiger partial charge in [-0.1, -0.05) is 53.7 Å². The molecule has 0 atom stereocenters. The van der Waals surface area contributed by atoms with Gasteiger partial charge in [-0.15, -0.1) is 5.10 Å². The van der Waals surface area contributed by atoms with Crippen molar-refractivity contribution in [1.29, 1.82) is 0 Å². The van der Waals surface area contributed by atoms with E-state index in [0.717, 1.165) is 46.8 Å². The van der Waals surface area contributed by atoms with Crippen molar-refractivity contribution in [3.05, 3.63) is 64.7 Å². The van der Waals surface area contributed by atoms with Crippen molar-refractivity contribution < 1.29 is 17.1 Å². The fourth-order valence-corrected chi connectivity index (χ4v) is 3.44. The number of rotatable bonds is 10. The Morgan fingerprint density at radius 1 is 1.18 bits per heavy atom. The Hall–Kier alpha value is -1.80. The third kappa shape index (κ3) is 6.98. The molecule has 6 nitrogen and oxygen atoms in total. The summed E-state index contributed by atoms with van der Waals surface area (Å²) in [7, 11) is 1.85. The molecule has 0 bridgehead atoms. The van der Waals surface area contributed by atoms with Gasteiger partial charge in [-0.05, 0) is 47.2 Å². The summed E-state index contributed by atoms with van der Waals surface area (Å²) in [6.07, 6.45) is 1.04. The zero-order valence-corrected chi connectivity index (χ0v) is 17.8. The summed E-state index contributed by atoms with van der Waals surface area (Å²) in [5.41, 5.74) is 2.18. The van der Waals surface area contributed by atoms with E-state index in [4.69, 9.17) is 16.3 Å². The minimum atomic E-state index is 0. The number of ether oxygens (including phenoxy) is 1. The standard InChI is InChI=1S/C19H22ClN5OS.ClH/c1-25-19(22-23-24-25)27-11-5-10-21-13-15-6-4-8-17(12-15)26-14-16-7-2-3-9-18(16)20;/h2-4,6-9,12,21H,5,10-11,13-14H2,1H3;1H/p-1. The number of aryl methyl sites for hydroxylation is 1. The molecular formula is C19H22Cl2N5OS-. The molecule has 2 aromatic carbocycles. The average Bonchev–Trinajstić information content (AvgIpc) is 3.09. The largest absolute Gasteiger partial charge is 1.00 e. The summed E-state index contributed by atoms with van der Waals surface area (Å²) in [6, 6.07) is 15.9. The van der Waals surface area contributed by atoms with Crippen LogP contribution in [0.25, 0.3) is 0 Å². The van der Waals surface area contributed by atoms with E-state index < -0.39 is 0 Å². The molecule has 0 unspecified atom stereocenters. The Labute approximate surface area is 180 Å². The van der Waals surface area contributed by atoms with Crippen LogP contribution < -0.4 is 22.5 Å². The number of hydrogen-bond donors (Lipinski definition) is 1. The van der Waals surface area contributed by atoms with E-state index >= 15 is 0 Å². The number of halogens is 2. The van der Waals surface area contributed by atoms with Gasteiger partial charge in [-0.25, -0.2) is 4.68 Å². The van der Waals surface area contributed by atoms with Crippen LogP contribution in [-0.2, 0) is 20.2 Å². The summed E-state index contributed by atoms with van der Waals surface area (Å²) in [6.45, 7) is 2.20. The highest BCUT2D eigenvalue weighted by molar-refractivity contribution is 7.99. The van der Waals surface area contributed by atoms with Gasteiger partial charge in [0.15, 0.2) is 0 Å². The molecule has 1 heterocycles. The maximum Gasteiger partial charge on any atom is 0.209 e. The summed E-state index contributed by atoms with van der Waals surface area (Å²) in [5, 5.41) is 16.4. The van der Waals surface area contributed by atoms with Crippen LogP contribution in [0, 0.1) is 0 Å². The molecule has 3 rings (SSSR count). The molecule has 1 N–H and O–H groups in total. The Balaban J connectivity index is 0.00000280. The van der Waals surface area contributed by atoms with E-state index in [2.05, 4.69) is 33.0 Å². The maximum atomic E-state index is 6.17. The van der Waals surface area contributed by atoms with Crippen LogP contribution in [-0.4, -0.2) is 32.5 Å². The van der Waals surface area contributed by atoms with E-state index in [9.17, 15) is 0 Å². The molecule has 0 saturated carbocycles. The van der Waals surface area contributed by atoms with Gasteiger partial charge < -0.3 is 22.5 Å². The van der Waals surface area contributed by atoms with Gasteiger partial charge in [0.25, 0.3) is 0 Å². The van der Waals surface area contributed by atoms with Crippen molar-refractivity contribution in [2.75, 3.05) is 12.3 Å². The maximum absolute atomic E-state index is 6.17. The van der Waals surface area contributed by atoms with Crippen LogP contribution in [0.5, 0.6) is 5.75 Å². The van der Waals surface area contributed by atoms with Crippen molar-refractivity contribution in [2.45, 2.75) is 24.7 Å². The number of nitrogens with zero attached hydrogens (tertiary/aromatic N) is 4. The second-order valence-electron chi connectivity index (χ2n) is 5.99. The van der Waals surface area contributed by atoms with Crippen molar-refractivity contribution in [1.82, 2.24) is 25.5 Å². The SMILES string of the molecule is Cn1nnnc1SCCCNCc1cccc(OCc2ccccc2Cl)c1.[Cl-]. The Morgan fingerprint density at radius 2 is 2.04 bits per heavy atom. The quantitative estimate of drug-likeness (QED) is 0.371. The lowest BCUT2D eigenvalue weighted by molar-refractivity contribution is -0.00000600. The average molecular weight is 439 g/mol. The van der Waals surface area contributed by atoms with Crippen molar-refractivity contribution in [3.8, 4) is 5.75 Å². The van der Waals surface area contributed by atoms with Gasteiger partial charge in [0, 0.05) is 29.9 Å². The molecular weight excluding hydrogens is 417 g/mol. The van der Waals surface area contributed by atoms with E-state index in [-0.39, 0.29) is 12.4 Å². The molecule has 3 aromatic rings.